The topological polar surface area (TPSA) is 62.1 Å². The molecule has 164 valence electrons. The van der Waals surface area contributed by atoms with Crippen LogP contribution in [-0.4, -0.2) is 19.7 Å². The zero-order chi connectivity index (χ0) is 22.6. The van der Waals surface area contributed by atoms with Gasteiger partial charge in [0.1, 0.15) is 23.5 Å². The highest BCUT2D eigenvalue weighted by Gasteiger charge is 2.18. The second-order valence-corrected chi connectivity index (χ2v) is 8.34. The Balaban J connectivity index is 1.51. The fourth-order valence-electron chi connectivity index (χ4n) is 3.56. The van der Waals surface area contributed by atoms with Crippen LogP contribution in [0.3, 0.4) is 0 Å². The third kappa shape index (κ3) is 4.73. The van der Waals surface area contributed by atoms with Gasteiger partial charge in [0.2, 0.25) is 11.8 Å². The Bertz CT molecular complexity index is 1390. The molecule has 6 nitrogen and oxygen atoms in total. The number of fused-ring (bicyclic) bond motifs is 1. The van der Waals surface area contributed by atoms with E-state index in [1.165, 1.54) is 0 Å². The summed E-state index contributed by atoms with van der Waals surface area (Å²) in [5, 5.41) is 5.63. The van der Waals surface area contributed by atoms with Crippen LogP contribution in [-0.2, 0) is 20.3 Å². The van der Waals surface area contributed by atoms with E-state index < -0.39 is 0 Å². The van der Waals surface area contributed by atoms with Crippen LogP contribution in [0.4, 0.5) is 0 Å². The zero-order valence-corrected chi connectivity index (χ0v) is 19.6. The molecular formula is C26H21BrN4O2. The van der Waals surface area contributed by atoms with Gasteiger partial charge in [-0.25, -0.2) is 9.67 Å². The minimum atomic E-state index is 0.386. The summed E-state index contributed by atoms with van der Waals surface area (Å²) >= 11 is 3.44. The largest absolute Gasteiger partial charge is 0.473 e. The van der Waals surface area contributed by atoms with Crippen molar-refractivity contribution in [2.24, 2.45) is 7.05 Å². The average molecular weight is 501 g/mol. The van der Waals surface area contributed by atoms with Crippen molar-refractivity contribution in [1.82, 2.24) is 19.7 Å². The minimum Gasteiger partial charge on any atom is -0.473 e. The molecule has 33 heavy (non-hydrogen) atoms. The van der Waals surface area contributed by atoms with Gasteiger partial charge in [-0.15, -0.1) is 0 Å². The Hall–Kier alpha value is -3.71. The molecule has 0 spiro atoms. The summed E-state index contributed by atoms with van der Waals surface area (Å²) in [6.45, 7) is 0.813. The summed E-state index contributed by atoms with van der Waals surface area (Å²) in [5.74, 6) is 0.958. The van der Waals surface area contributed by atoms with Crippen LogP contribution in [0.2, 0.25) is 0 Å². The quantitative estimate of drug-likeness (QED) is 0.258. The first-order chi connectivity index (χ1) is 16.2. The summed E-state index contributed by atoms with van der Waals surface area (Å²) in [7, 11) is 1.88. The van der Waals surface area contributed by atoms with Crippen LogP contribution in [0.5, 0.6) is 11.8 Å². The monoisotopic (exact) mass is 500 g/mol. The molecule has 7 heteroatoms. The third-order valence-corrected chi connectivity index (χ3v) is 5.63. The summed E-state index contributed by atoms with van der Waals surface area (Å²) in [5.41, 5.74) is 4.45. The molecule has 0 unspecified atom stereocenters. The van der Waals surface area contributed by atoms with Crippen molar-refractivity contribution in [2.45, 2.75) is 13.2 Å². The van der Waals surface area contributed by atoms with Gasteiger partial charge in [0.25, 0.3) is 0 Å². The fourth-order valence-corrected chi connectivity index (χ4v) is 3.86. The fraction of sp³-hybridized carbons (Fsp3) is 0.115. The Morgan fingerprint density at radius 2 is 1.42 bits per heavy atom. The number of aryl methyl sites for hydroxylation is 1. The molecule has 3 aromatic heterocycles. The summed E-state index contributed by atoms with van der Waals surface area (Å²) in [6.07, 6.45) is 0. The minimum absolute atomic E-state index is 0.386. The van der Waals surface area contributed by atoms with Crippen LogP contribution < -0.4 is 9.47 Å². The molecule has 0 fully saturated rings. The van der Waals surface area contributed by atoms with Crippen LogP contribution in [0.15, 0.2) is 89.5 Å². The van der Waals surface area contributed by atoms with Crippen LogP contribution in [0, 0.1) is 0 Å². The van der Waals surface area contributed by atoms with E-state index in [0.29, 0.717) is 25.0 Å². The van der Waals surface area contributed by atoms with Crippen LogP contribution in [0.25, 0.3) is 22.3 Å². The van der Waals surface area contributed by atoms with E-state index in [2.05, 4.69) is 25.9 Å². The number of nitrogens with zero attached hydrogens (tertiary/aromatic N) is 4. The Morgan fingerprint density at radius 3 is 2.12 bits per heavy atom. The van der Waals surface area contributed by atoms with Crippen molar-refractivity contribution in [3.05, 3.63) is 101 Å². The van der Waals surface area contributed by atoms with E-state index in [1.807, 2.05) is 92.0 Å². The lowest BCUT2D eigenvalue weighted by Crippen LogP contribution is -2.02. The molecule has 5 aromatic rings. The molecular weight excluding hydrogens is 480 g/mol. The number of halogens is 1. The van der Waals surface area contributed by atoms with Crippen LogP contribution >= 0.6 is 15.9 Å². The van der Waals surface area contributed by atoms with Gasteiger partial charge in [-0.2, -0.15) is 10.1 Å². The first-order valence-corrected chi connectivity index (χ1v) is 11.3. The van der Waals surface area contributed by atoms with E-state index in [-0.39, 0.29) is 0 Å². The SMILES string of the molecule is Cn1nc(-c2ccc(OCc3ccccc3)nc2OCc2ccccc2)c2ccc(Br)nc21. The van der Waals surface area contributed by atoms with Crippen molar-refractivity contribution < 1.29 is 9.47 Å². The first-order valence-electron chi connectivity index (χ1n) is 10.5. The van der Waals surface area contributed by atoms with Gasteiger partial charge < -0.3 is 9.47 Å². The Labute approximate surface area is 200 Å². The first kappa shape index (κ1) is 21.2. The molecule has 0 aliphatic heterocycles. The molecule has 0 radical (unpaired) electrons. The van der Waals surface area contributed by atoms with Gasteiger partial charge in [0.15, 0.2) is 5.65 Å². The molecule has 0 amide bonds. The van der Waals surface area contributed by atoms with Gasteiger partial charge in [-0.3, -0.25) is 0 Å². The van der Waals surface area contributed by atoms with Crippen molar-refractivity contribution in [1.29, 1.82) is 0 Å². The maximum Gasteiger partial charge on any atom is 0.226 e. The highest BCUT2D eigenvalue weighted by Crippen LogP contribution is 2.35. The van der Waals surface area contributed by atoms with Gasteiger partial charge in [-0.1, -0.05) is 60.7 Å². The summed E-state index contributed by atoms with van der Waals surface area (Å²) in [6, 6.07) is 27.7. The third-order valence-electron chi connectivity index (χ3n) is 5.19. The maximum absolute atomic E-state index is 6.18. The Kier molecular flexibility index (Phi) is 6.04. The smallest absolute Gasteiger partial charge is 0.226 e. The highest BCUT2D eigenvalue weighted by atomic mass is 79.9. The lowest BCUT2D eigenvalue weighted by atomic mass is 10.1. The van der Waals surface area contributed by atoms with Crippen molar-refractivity contribution in [3.8, 4) is 23.0 Å². The Morgan fingerprint density at radius 1 is 0.758 bits per heavy atom. The molecule has 0 aliphatic rings. The van der Waals surface area contributed by atoms with Crippen molar-refractivity contribution in [2.75, 3.05) is 0 Å². The van der Waals surface area contributed by atoms with Crippen molar-refractivity contribution in [3.63, 3.8) is 0 Å². The van der Waals surface area contributed by atoms with Gasteiger partial charge >= 0.3 is 0 Å². The molecule has 0 N–H and O–H groups in total. The number of pyridine rings is 2. The maximum atomic E-state index is 6.18. The number of aromatic nitrogens is 4. The number of hydrogen-bond acceptors (Lipinski definition) is 5. The second kappa shape index (κ2) is 9.42. The standard InChI is InChI=1S/C26H21BrN4O2/c1-31-25-20(12-14-22(27)28-25)24(30-31)21-13-15-23(32-16-18-8-4-2-5-9-18)29-26(21)33-17-19-10-6-3-7-11-19/h2-15H,16-17H2,1H3. The molecule has 3 heterocycles. The van der Waals surface area contributed by atoms with E-state index in [9.17, 15) is 0 Å². The number of ether oxygens (including phenoxy) is 2. The molecule has 0 bridgehead atoms. The average Bonchev–Trinajstić information content (AvgIpc) is 3.18. The second-order valence-electron chi connectivity index (χ2n) is 7.53. The van der Waals surface area contributed by atoms with Crippen LogP contribution in [0.1, 0.15) is 11.1 Å². The van der Waals surface area contributed by atoms with Gasteiger partial charge in [-0.05, 0) is 45.3 Å². The zero-order valence-electron chi connectivity index (χ0n) is 18.0. The molecule has 5 rings (SSSR count). The predicted molar refractivity (Wildman–Crippen MR) is 131 cm³/mol. The summed E-state index contributed by atoms with van der Waals surface area (Å²) in [4.78, 5) is 9.25. The number of rotatable bonds is 7. The normalized spacial score (nSPS) is 11.0. The molecule has 0 aliphatic carbocycles. The molecule has 0 saturated heterocycles. The van der Waals surface area contributed by atoms with E-state index in [0.717, 1.165) is 38.0 Å². The van der Waals surface area contributed by atoms with Crippen molar-refractivity contribution >= 4 is 27.0 Å². The van der Waals surface area contributed by atoms with Gasteiger partial charge in [0.05, 0.1) is 5.56 Å². The molecule has 0 atom stereocenters. The number of hydrogen-bond donors (Lipinski definition) is 0. The van der Waals surface area contributed by atoms with Gasteiger partial charge in [0, 0.05) is 18.5 Å². The lowest BCUT2D eigenvalue weighted by molar-refractivity contribution is 0.268. The van der Waals surface area contributed by atoms with E-state index in [1.54, 1.807) is 4.68 Å². The molecule has 0 saturated carbocycles. The van der Waals surface area contributed by atoms with E-state index >= 15 is 0 Å². The highest BCUT2D eigenvalue weighted by molar-refractivity contribution is 9.10. The summed E-state index contributed by atoms with van der Waals surface area (Å²) < 4.78 is 14.6. The van der Waals surface area contributed by atoms with E-state index in [4.69, 9.17) is 14.6 Å². The predicted octanol–water partition coefficient (Wildman–Crippen LogP) is 5.95. The lowest BCUT2D eigenvalue weighted by Gasteiger charge is -2.12. The molecule has 2 aromatic carbocycles. The number of benzene rings is 2.